The van der Waals surface area contributed by atoms with Crippen LogP contribution in [0.3, 0.4) is 0 Å². The maximum Gasteiger partial charge on any atom is 0.0815 e. The molecule has 4 heteroatoms. The van der Waals surface area contributed by atoms with Gasteiger partial charge in [-0.1, -0.05) is 12.1 Å². The van der Waals surface area contributed by atoms with Gasteiger partial charge >= 0.3 is 0 Å². The Kier molecular flexibility index (Phi) is 3.47. The maximum absolute atomic E-state index is 5.78. The standard InChI is InChI=1S/C12H14ClN3/c1-16-6-5-12(15-16)9-14-11-4-2-3-10(7-11)8-13/h2-7,14H,8-9H2,1H3. The van der Waals surface area contributed by atoms with Crippen LogP contribution in [-0.2, 0) is 19.5 Å². The van der Waals surface area contributed by atoms with Gasteiger partial charge in [-0.2, -0.15) is 5.10 Å². The van der Waals surface area contributed by atoms with E-state index in [9.17, 15) is 0 Å². The third kappa shape index (κ3) is 2.76. The van der Waals surface area contributed by atoms with E-state index < -0.39 is 0 Å². The lowest BCUT2D eigenvalue weighted by atomic mass is 10.2. The van der Waals surface area contributed by atoms with Crippen LogP contribution in [0, 0.1) is 0 Å². The van der Waals surface area contributed by atoms with E-state index in [0.29, 0.717) is 5.88 Å². The van der Waals surface area contributed by atoms with Crippen molar-refractivity contribution < 1.29 is 0 Å². The average Bonchev–Trinajstić information content (AvgIpc) is 2.73. The first-order chi connectivity index (χ1) is 7.78. The van der Waals surface area contributed by atoms with Crippen molar-refractivity contribution in [1.82, 2.24) is 9.78 Å². The summed E-state index contributed by atoms with van der Waals surface area (Å²) in [5, 5.41) is 7.61. The second-order valence-corrected chi connectivity index (χ2v) is 3.94. The van der Waals surface area contributed by atoms with Crippen molar-refractivity contribution >= 4 is 17.3 Å². The average molecular weight is 236 g/mol. The molecular weight excluding hydrogens is 222 g/mol. The van der Waals surface area contributed by atoms with Crippen LogP contribution in [0.5, 0.6) is 0 Å². The summed E-state index contributed by atoms with van der Waals surface area (Å²) in [6.07, 6.45) is 1.94. The normalized spacial score (nSPS) is 10.4. The number of benzene rings is 1. The molecule has 0 saturated carbocycles. The van der Waals surface area contributed by atoms with Gasteiger partial charge in [0.25, 0.3) is 0 Å². The number of alkyl halides is 1. The lowest BCUT2D eigenvalue weighted by molar-refractivity contribution is 0.747. The zero-order chi connectivity index (χ0) is 11.4. The molecule has 2 aromatic rings. The van der Waals surface area contributed by atoms with E-state index in [-0.39, 0.29) is 0 Å². The summed E-state index contributed by atoms with van der Waals surface area (Å²) in [5.41, 5.74) is 3.22. The van der Waals surface area contributed by atoms with Gasteiger partial charge in [-0.15, -0.1) is 11.6 Å². The van der Waals surface area contributed by atoms with Gasteiger partial charge in [-0.3, -0.25) is 4.68 Å². The van der Waals surface area contributed by atoms with E-state index >= 15 is 0 Å². The zero-order valence-electron chi connectivity index (χ0n) is 9.15. The van der Waals surface area contributed by atoms with Gasteiger partial charge < -0.3 is 5.32 Å². The molecule has 0 atom stereocenters. The predicted octanol–water partition coefficient (Wildman–Crippen LogP) is 2.77. The number of halogens is 1. The minimum absolute atomic E-state index is 0.541. The molecule has 2 rings (SSSR count). The lowest BCUT2D eigenvalue weighted by Crippen LogP contribution is -2.01. The molecule has 0 fully saturated rings. The Morgan fingerprint density at radius 1 is 1.38 bits per heavy atom. The number of hydrogen-bond acceptors (Lipinski definition) is 2. The first kappa shape index (κ1) is 11.0. The van der Waals surface area contributed by atoms with E-state index in [2.05, 4.69) is 16.5 Å². The molecule has 1 aromatic heterocycles. The van der Waals surface area contributed by atoms with E-state index in [1.165, 1.54) is 0 Å². The van der Waals surface area contributed by atoms with Gasteiger partial charge in [0.15, 0.2) is 0 Å². The van der Waals surface area contributed by atoms with Crippen LogP contribution in [0.4, 0.5) is 5.69 Å². The monoisotopic (exact) mass is 235 g/mol. The zero-order valence-corrected chi connectivity index (χ0v) is 9.91. The molecule has 84 valence electrons. The van der Waals surface area contributed by atoms with Crippen LogP contribution in [0.1, 0.15) is 11.3 Å². The number of hydrogen-bond donors (Lipinski definition) is 1. The molecule has 1 aromatic carbocycles. The van der Waals surface area contributed by atoms with E-state index in [1.54, 1.807) is 4.68 Å². The van der Waals surface area contributed by atoms with Crippen LogP contribution in [0.2, 0.25) is 0 Å². The highest BCUT2D eigenvalue weighted by Crippen LogP contribution is 2.13. The number of nitrogens with one attached hydrogen (secondary N) is 1. The Bertz CT molecular complexity index is 465. The molecule has 0 aliphatic carbocycles. The quantitative estimate of drug-likeness (QED) is 0.826. The predicted molar refractivity (Wildman–Crippen MR) is 66.5 cm³/mol. The molecule has 0 bridgehead atoms. The smallest absolute Gasteiger partial charge is 0.0815 e. The summed E-state index contributed by atoms with van der Waals surface area (Å²) < 4.78 is 1.80. The molecule has 0 amide bonds. The number of rotatable bonds is 4. The topological polar surface area (TPSA) is 29.9 Å². The second-order valence-electron chi connectivity index (χ2n) is 3.67. The van der Waals surface area contributed by atoms with Gasteiger partial charge in [0, 0.05) is 24.8 Å². The van der Waals surface area contributed by atoms with Gasteiger partial charge in [0.05, 0.1) is 12.2 Å². The van der Waals surface area contributed by atoms with Crippen LogP contribution in [0.15, 0.2) is 36.5 Å². The second kappa shape index (κ2) is 5.03. The molecule has 0 aliphatic rings. The van der Waals surface area contributed by atoms with Gasteiger partial charge in [-0.05, 0) is 23.8 Å². The van der Waals surface area contributed by atoms with Crippen LogP contribution in [-0.4, -0.2) is 9.78 Å². The molecule has 0 saturated heterocycles. The Labute approximate surface area is 100 Å². The number of anilines is 1. The van der Waals surface area contributed by atoms with Crippen molar-refractivity contribution in [3.8, 4) is 0 Å². The first-order valence-electron chi connectivity index (χ1n) is 5.15. The van der Waals surface area contributed by atoms with E-state index in [1.807, 2.05) is 37.5 Å². The first-order valence-corrected chi connectivity index (χ1v) is 5.68. The van der Waals surface area contributed by atoms with Crippen molar-refractivity contribution in [1.29, 1.82) is 0 Å². The fourth-order valence-corrected chi connectivity index (χ4v) is 1.68. The van der Waals surface area contributed by atoms with E-state index in [4.69, 9.17) is 11.6 Å². The van der Waals surface area contributed by atoms with Crippen LogP contribution >= 0.6 is 11.6 Å². The molecule has 1 N–H and O–H groups in total. The number of aryl methyl sites for hydroxylation is 1. The maximum atomic E-state index is 5.78. The largest absolute Gasteiger partial charge is 0.379 e. The Balaban J connectivity index is 1.99. The fourth-order valence-electron chi connectivity index (χ4n) is 1.51. The third-order valence-corrected chi connectivity index (χ3v) is 2.63. The SMILES string of the molecule is Cn1ccc(CNc2cccc(CCl)c2)n1. The summed E-state index contributed by atoms with van der Waals surface area (Å²) in [5.74, 6) is 0.541. The summed E-state index contributed by atoms with van der Waals surface area (Å²) in [4.78, 5) is 0. The summed E-state index contributed by atoms with van der Waals surface area (Å²) in [6, 6.07) is 10.1. The molecule has 0 unspecified atom stereocenters. The number of nitrogens with zero attached hydrogens (tertiary/aromatic N) is 2. The number of aromatic nitrogens is 2. The van der Waals surface area contributed by atoms with Gasteiger partial charge in [0.1, 0.15) is 0 Å². The van der Waals surface area contributed by atoms with Crippen molar-refractivity contribution in [3.05, 3.63) is 47.8 Å². The van der Waals surface area contributed by atoms with Crippen molar-refractivity contribution in [2.45, 2.75) is 12.4 Å². The van der Waals surface area contributed by atoms with Crippen molar-refractivity contribution in [3.63, 3.8) is 0 Å². The Morgan fingerprint density at radius 3 is 2.94 bits per heavy atom. The highest BCUT2D eigenvalue weighted by atomic mass is 35.5. The van der Waals surface area contributed by atoms with Gasteiger partial charge in [0.2, 0.25) is 0 Å². The van der Waals surface area contributed by atoms with Gasteiger partial charge in [-0.25, -0.2) is 0 Å². The summed E-state index contributed by atoms with van der Waals surface area (Å²) in [7, 11) is 1.91. The molecular formula is C12H14ClN3. The summed E-state index contributed by atoms with van der Waals surface area (Å²) >= 11 is 5.78. The summed E-state index contributed by atoms with van der Waals surface area (Å²) in [6.45, 7) is 0.729. The molecule has 0 aliphatic heterocycles. The minimum atomic E-state index is 0.541. The molecule has 16 heavy (non-hydrogen) atoms. The van der Waals surface area contributed by atoms with Crippen molar-refractivity contribution in [2.24, 2.45) is 7.05 Å². The highest BCUT2D eigenvalue weighted by Gasteiger charge is 1.98. The highest BCUT2D eigenvalue weighted by molar-refractivity contribution is 6.17. The third-order valence-electron chi connectivity index (χ3n) is 2.32. The van der Waals surface area contributed by atoms with E-state index in [0.717, 1.165) is 23.5 Å². The molecule has 3 nitrogen and oxygen atoms in total. The Hall–Kier alpha value is -1.48. The fraction of sp³-hybridized carbons (Fsp3) is 0.250. The minimum Gasteiger partial charge on any atom is -0.379 e. The Morgan fingerprint density at radius 2 is 2.25 bits per heavy atom. The van der Waals surface area contributed by atoms with Crippen LogP contribution < -0.4 is 5.32 Å². The van der Waals surface area contributed by atoms with Crippen molar-refractivity contribution in [2.75, 3.05) is 5.32 Å². The lowest BCUT2D eigenvalue weighted by Gasteiger charge is -2.05. The molecule has 0 radical (unpaired) electrons. The van der Waals surface area contributed by atoms with Crippen LogP contribution in [0.25, 0.3) is 0 Å². The molecule has 0 spiro atoms. The molecule has 1 heterocycles.